The maximum absolute atomic E-state index is 12.2. The number of anilines is 1. The summed E-state index contributed by atoms with van der Waals surface area (Å²) in [4.78, 5) is 12.2. The molecule has 1 aliphatic heterocycles. The lowest BCUT2D eigenvalue weighted by atomic mass is 9.84. The van der Waals surface area contributed by atoms with Gasteiger partial charge in [-0.3, -0.25) is 4.79 Å². The van der Waals surface area contributed by atoms with Crippen molar-refractivity contribution < 1.29 is 13.2 Å². The molecule has 0 saturated carbocycles. The van der Waals surface area contributed by atoms with E-state index < -0.39 is 9.84 Å². The SMILES string of the molecule is CC(CC(=O)Nc1cccc(CS(C)(=O)=O)c1)C1CCNCC1. The predicted molar refractivity (Wildman–Crippen MR) is 93.0 cm³/mol. The maximum atomic E-state index is 12.2. The molecule has 0 aliphatic carbocycles. The van der Waals surface area contributed by atoms with Crippen LogP contribution in [0.1, 0.15) is 31.7 Å². The molecule has 1 heterocycles. The minimum Gasteiger partial charge on any atom is -0.326 e. The molecule has 2 rings (SSSR count). The Morgan fingerprint density at radius 2 is 2.04 bits per heavy atom. The van der Waals surface area contributed by atoms with Crippen LogP contribution in [-0.2, 0) is 20.4 Å². The monoisotopic (exact) mass is 338 g/mol. The molecule has 128 valence electrons. The fraction of sp³-hybridized carbons (Fsp3) is 0.588. The molecule has 23 heavy (non-hydrogen) atoms. The Bertz CT molecular complexity index is 637. The lowest BCUT2D eigenvalue weighted by molar-refractivity contribution is -0.117. The molecule has 1 fully saturated rings. The number of piperidine rings is 1. The van der Waals surface area contributed by atoms with Crippen LogP contribution in [0.25, 0.3) is 0 Å². The summed E-state index contributed by atoms with van der Waals surface area (Å²) in [6, 6.07) is 7.05. The summed E-state index contributed by atoms with van der Waals surface area (Å²) in [5.74, 6) is 0.935. The molecule has 0 aromatic heterocycles. The second-order valence-corrected chi connectivity index (χ2v) is 8.73. The number of hydrogen-bond donors (Lipinski definition) is 2. The van der Waals surface area contributed by atoms with Crippen molar-refractivity contribution in [1.29, 1.82) is 0 Å². The van der Waals surface area contributed by atoms with Crippen LogP contribution in [0.2, 0.25) is 0 Å². The zero-order valence-corrected chi connectivity index (χ0v) is 14.7. The Kier molecular flexibility index (Phi) is 6.18. The Balaban J connectivity index is 1.90. The number of benzene rings is 1. The molecule has 6 heteroatoms. The van der Waals surface area contributed by atoms with E-state index in [0.717, 1.165) is 25.9 Å². The molecule has 1 atom stereocenters. The molecule has 1 unspecified atom stereocenters. The average molecular weight is 338 g/mol. The van der Waals surface area contributed by atoms with Crippen molar-refractivity contribution in [2.75, 3.05) is 24.7 Å². The first-order valence-corrected chi connectivity index (χ1v) is 10.2. The van der Waals surface area contributed by atoms with Gasteiger partial charge in [0.05, 0.1) is 5.75 Å². The largest absolute Gasteiger partial charge is 0.326 e. The van der Waals surface area contributed by atoms with Gasteiger partial charge in [-0.2, -0.15) is 0 Å². The Labute approximate surface area is 138 Å². The lowest BCUT2D eigenvalue weighted by Gasteiger charge is -2.27. The fourth-order valence-corrected chi connectivity index (χ4v) is 3.91. The van der Waals surface area contributed by atoms with Crippen molar-refractivity contribution in [3.05, 3.63) is 29.8 Å². The highest BCUT2D eigenvalue weighted by atomic mass is 32.2. The van der Waals surface area contributed by atoms with Crippen LogP contribution in [0.5, 0.6) is 0 Å². The van der Waals surface area contributed by atoms with E-state index in [1.165, 1.54) is 6.26 Å². The van der Waals surface area contributed by atoms with E-state index in [9.17, 15) is 13.2 Å². The molecule has 1 aromatic carbocycles. The zero-order chi connectivity index (χ0) is 16.9. The Morgan fingerprint density at radius 1 is 1.35 bits per heavy atom. The van der Waals surface area contributed by atoms with E-state index in [0.29, 0.717) is 29.5 Å². The number of rotatable bonds is 6. The maximum Gasteiger partial charge on any atom is 0.224 e. The van der Waals surface area contributed by atoms with Gasteiger partial charge in [-0.1, -0.05) is 19.1 Å². The molecule has 0 radical (unpaired) electrons. The van der Waals surface area contributed by atoms with Gasteiger partial charge in [0, 0.05) is 18.4 Å². The third kappa shape index (κ3) is 6.31. The van der Waals surface area contributed by atoms with Crippen LogP contribution < -0.4 is 10.6 Å². The van der Waals surface area contributed by atoms with E-state index in [-0.39, 0.29) is 11.7 Å². The number of carbonyl (C=O) groups excluding carboxylic acids is 1. The first-order valence-electron chi connectivity index (χ1n) is 8.11. The first kappa shape index (κ1) is 17.9. The van der Waals surface area contributed by atoms with Gasteiger partial charge < -0.3 is 10.6 Å². The second-order valence-electron chi connectivity index (χ2n) is 6.59. The topological polar surface area (TPSA) is 75.3 Å². The van der Waals surface area contributed by atoms with E-state index in [1.54, 1.807) is 24.3 Å². The Hall–Kier alpha value is -1.40. The van der Waals surface area contributed by atoms with Crippen LogP contribution >= 0.6 is 0 Å². The molecule has 2 N–H and O–H groups in total. The summed E-state index contributed by atoms with van der Waals surface area (Å²) < 4.78 is 22.7. The molecule has 0 bridgehead atoms. The summed E-state index contributed by atoms with van der Waals surface area (Å²) in [5, 5.41) is 6.23. The zero-order valence-electron chi connectivity index (χ0n) is 13.8. The quantitative estimate of drug-likeness (QED) is 0.834. The van der Waals surface area contributed by atoms with Crippen molar-refractivity contribution in [2.45, 2.75) is 31.9 Å². The second kappa shape index (κ2) is 7.93. The van der Waals surface area contributed by atoms with Gasteiger partial charge in [0.1, 0.15) is 0 Å². The van der Waals surface area contributed by atoms with Crippen molar-refractivity contribution in [1.82, 2.24) is 5.32 Å². The molecule has 1 saturated heterocycles. The number of hydrogen-bond acceptors (Lipinski definition) is 4. The third-order valence-corrected chi connectivity index (χ3v) is 5.19. The fourth-order valence-electron chi connectivity index (χ4n) is 3.13. The summed E-state index contributed by atoms with van der Waals surface area (Å²) in [6.45, 7) is 4.20. The highest BCUT2D eigenvalue weighted by molar-refractivity contribution is 7.89. The normalized spacial score (nSPS) is 17.7. The standard InChI is InChI=1S/C17H26N2O3S/c1-13(15-6-8-18-9-7-15)10-17(20)19-16-5-3-4-14(11-16)12-23(2,21)22/h3-5,11,13,15,18H,6-10,12H2,1-2H3,(H,19,20). The smallest absolute Gasteiger partial charge is 0.224 e. The van der Waals surface area contributed by atoms with Crippen LogP contribution in [0.4, 0.5) is 5.69 Å². The van der Waals surface area contributed by atoms with Gasteiger partial charge in [-0.25, -0.2) is 8.42 Å². The Morgan fingerprint density at radius 3 is 2.70 bits per heavy atom. The summed E-state index contributed by atoms with van der Waals surface area (Å²) in [5.41, 5.74) is 1.35. The molecular formula is C17H26N2O3S. The van der Waals surface area contributed by atoms with E-state index in [1.807, 2.05) is 0 Å². The molecular weight excluding hydrogens is 312 g/mol. The molecule has 1 aliphatic rings. The number of sulfone groups is 1. The first-order chi connectivity index (χ1) is 10.8. The van der Waals surface area contributed by atoms with Gasteiger partial charge in [-0.05, 0) is 55.5 Å². The minimum absolute atomic E-state index is 0.00691. The van der Waals surface area contributed by atoms with Crippen molar-refractivity contribution >= 4 is 21.4 Å². The summed E-state index contributed by atoms with van der Waals surface area (Å²) in [7, 11) is -3.07. The minimum atomic E-state index is -3.07. The molecule has 1 amide bonds. The lowest BCUT2D eigenvalue weighted by Crippen LogP contribution is -2.32. The summed E-state index contributed by atoms with van der Waals surface area (Å²) in [6.07, 6.45) is 3.95. The highest BCUT2D eigenvalue weighted by Gasteiger charge is 2.22. The molecule has 5 nitrogen and oxygen atoms in total. The van der Waals surface area contributed by atoms with Crippen LogP contribution in [0.15, 0.2) is 24.3 Å². The van der Waals surface area contributed by atoms with Crippen LogP contribution in [0.3, 0.4) is 0 Å². The van der Waals surface area contributed by atoms with Crippen molar-refractivity contribution in [3.8, 4) is 0 Å². The van der Waals surface area contributed by atoms with Gasteiger partial charge in [0.2, 0.25) is 5.91 Å². The van der Waals surface area contributed by atoms with Gasteiger partial charge in [-0.15, -0.1) is 0 Å². The third-order valence-electron chi connectivity index (χ3n) is 4.34. The van der Waals surface area contributed by atoms with E-state index in [2.05, 4.69) is 17.6 Å². The van der Waals surface area contributed by atoms with Crippen LogP contribution in [-0.4, -0.2) is 33.7 Å². The average Bonchev–Trinajstić information content (AvgIpc) is 2.46. The van der Waals surface area contributed by atoms with Crippen molar-refractivity contribution in [3.63, 3.8) is 0 Å². The van der Waals surface area contributed by atoms with E-state index in [4.69, 9.17) is 0 Å². The van der Waals surface area contributed by atoms with Crippen molar-refractivity contribution in [2.24, 2.45) is 11.8 Å². The van der Waals surface area contributed by atoms with Gasteiger partial charge >= 0.3 is 0 Å². The molecule has 1 aromatic rings. The summed E-state index contributed by atoms with van der Waals surface area (Å²) >= 11 is 0. The van der Waals surface area contributed by atoms with Gasteiger partial charge in [0.25, 0.3) is 0 Å². The molecule has 0 spiro atoms. The predicted octanol–water partition coefficient (Wildman–Crippen LogP) is 2.20. The van der Waals surface area contributed by atoms with E-state index >= 15 is 0 Å². The van der Waals surface area contributed by atoms with Gasteiger partial charge in [0.15, 0.2) is 9.84 Å². The number of amides is 1. The van der Waals surface area contributed by atoms with Crippen LogP contribution in [0, 0.1) is 11.8 Å². The number of carbonyl (C=O) groups is 1. The number of nitrogens with one attached hydrogen (secondary N) is 2. The highest BCUT2D eigenvalue weighted by Crippen LogP contribution is 2.24.